The summed E-state index contributed by atoms with van der Waals surface area (Å²) in [7, 11) is 0. The number of halogens is 1. The van der Waals surface area contributed by atoms with Crippen molar-refractivity contribution in [2.24, 2.45) is 0 Å². The van der Waals surface area contributed by atoms with Crippen molar-refractivity contribution in [3.05, 3.63) is 56.2 Å². The number of aryl methyl sites for hydroxylation is 1. The Kier molecular flexibility index (Phi) is 6.39. The van der Waals surface area contributed by atoms with Gasteiger partial charge in [0.2, 0.25) is 0 Å². The number of nitrogens with zero attached hydrogens (tertiary/aromatic N) is 1. The molecule has 2 aromatic rings. The minimum absolute atomic E-state index is 0.107. The Morgan fingerprint density at radius 2 is 2.00 bits per heavy atom. The second-order valence-corrected chi connectivity index (χ2v) is 7.26. The number of carboxylic acid groups (broad SMARTS) is 1. The third kappa shape index (κ3) is 4.36. The smallest absolute Gasteiger partial charge is 0.411 e. The second kappa shape index (κ2) is 8.30. The largest absolute Gasteiger partial charge is 0.479 e. The molecule has 1 N–H and O–H groups in total. The number of carboxylic acids is 1. The Hall–Kier alpha value is -1.86. The molecule has 7 heteroatoms. The van der Waals surface area contributed by atoms with E-state index in [2.05, 4.69) is 15.9 Å². The van der Waals surface area contributed by atoms with Gasteiger partial charge in [-0.15, -0.1) is 11.3 Å². The predicted octanol–water partition coefficient (Wildman–Crippen LogP) is 4.60. The zero-order chi connectivity index (χ0) is 17.7. The van der Waals surface area contributed by atoms with Gasteiger partial charge in [-0.25, -0.2) is 9.59 Å². The average Bonchev–Trinajstić information content (AvgIpc) is 2.89. The van der Waals surface area contributed by atoms with Crippen LogP contribution in [0.1, 0.15) is 28.3 Å². The molecule has 0 saturated carbocycles. The van der Waals surface area contributed by atoms with Crippen LogP contribution in [0.25, 0.3) is 0 Å². The van der Waals surface area contributed by atoms with E-state index in [0.29, 0.717) is 4.88 Å². The molecule has 1 aromatic carbocycles. The van der Waals surface area contributed by atoms with Gasteiger partial charge < -0.3 is 9.84 Å². The molecule has 2 rings (SSSR count). The van der Waals surface area contributed by atoms with E-state index in [9.17, 15) is 14.7 Å². The molecule has 0 saturated heterocycles. The fourth-order valence-electron chi connectivity index (χ4n) is 2.24. The highest BCUT2D eigenvalue weighted by atomic mass is 79.9. The molecular formula is C17H18BrNO4S. The number of thiophene rings is 1. The van der Waals surface area contributed by atoms with Gasteiger partial charge in [-0.3, -0.25) is 4.90 Å². The van der Waals surface area contributed by atoms with Crippen molar-refractivity contribution in [3.63, 3.8) is 0 Å². The van der Waals surface area contributed by atoms with Crippen molar-refractivity contribution in [3.8, 4) is 0 Å². The number of hydrogen-bond acceptors (Lipinski definition) is 4. The van der Waals surface area contributed by atoms with Crippen LogP contribution in [0.4, 0.5) is 4.79 Å². The van der Waals surface area contributed by atoms with Crippen LogP contribution in [0.5, 0.6) is 0 Å². The zero-order valence-corrected chi connectivity index (χ0v) is 15.8. The zero-order valence-electron chi connectivity index (χ0n) is 13.4. The number of carbonyl (C=O) groups excluding carboxylic acids is 1. The summed E-state index contributed by atoms with van der Waals surface area (Å²) >= 11 is 4.73. The maximum absolute atomic E-state index is 12.4. The molecule has 0 fully saturated rings. The molecule has 0 aliphatic carbocycles. The minimum Gasteiger partial charge on any atom is -0.479 e. The number of aliphatic carboxylic acids is 1. The molecule has 24 heavy (non-hydrogen) atoms. The monoisotopic (exact) mass is 411 g/mol. The van der Waals surface area contributed by atoms with Crippen LogP contribution in [0.2, 0.25) is 0 Å². The van der Waals surface area contributed by atoms with E-state index >= 15 is 0 Å². The lowest BCUT2D eigenvalue weighted by Crippen LogP contribution is -2.38. The molecule has 128 valence electrons. The van der Waals surface area contributed by atoms with E-state index in [4.69, 9.17) is 4.74 Å². The number of benzene rings is 1. The fraction of sp³-hybridized carbons (Fsp3) is 0.294. The molecule has 5 nitrogen and oxygen atoms in total. The Balaban J connectivity index is 2.16. The van der Waals surface area contributed by atoms with Gasteiger partial charge in [0.1, 0.15) is 6.61 Å². The topological polar surface area (TPSA) is 66.8 Å². The van der Waals surface area contributed by atoms with Crippen LogP contribution in [0.15, 0.2) is 40.9 Å². The van der Waals surface area contributed by atoms with Crippen LogP contribution in [0, 0.1) is 6.92 Å². The van der Waals surface area contributed by atoms with Gasteiger partial charge in [0.05, 0.1) is 0 Å². The number of carbonyl (C=O) groups is 2. The van der Waals surface area contributed by atoms with E-state index in [1.807, 2.05) is 37.3 Å². The first-order valence-electron chi connectivity index (χ1n) is 7.40. The third-order valence-corrected chi connectivity index (χ3v) is 5.66. The van der Waals surface area contributed by atoms with E-state index in [1.54, 1.807) is 13.0 Å². The van der Waals surface area contributed by atoms with Crippen molar-refractivity contribution in [2.75, 3.05) is 6.54 Å². The van der Waals surface area contributed by atoms with Crippen molar-refractivity contribution in [2.45, 2.75) is 26.5 Å². The third-order valence-electron chi connectivity index (χ3n) is 3.47. The number of likely N-dealkylation sites (N-methyl/N-ethyl adjacent to an activating group) is 1. The molecule has 0 aliphatic heterocycles. The van der Waals surface area contributed by atoms with Gasteiger partial charge >= 0.3 is 12.1 Å². The summed E-state index contributed by atoms with van der Waals surface area (Å²) in [6.45, 7) is 3.96. The first-order chi connectivity index (χ1) is 11.4. The maximum atomic E-state index is 12.4. The quantitative estimate of drug-likeness (QED) is 0.753. The molecule has 1 unspecified atom stereocenters. The highest BCUT2D eigenvalue weighted by Crippen LogP contribution is 2.34. The minimum atomic E-state index is -1.08. The van der Waals surface area contributed by atoms with Gasteiger partial charge in [0.15, 0.2) is 6.04 Å². The Morgan fingerprint density at radius 3 is 2.50 bits per heavy atom. The van der Waals surface area contributed by atoms with Crippen LogP contribution in [0.3, 0.4) is 0 Å². The van der Waals surface area contributed by atoms with Gasteiger partial charge in [-0.1, -0.05) is 30.3 Å². The van der Waals surface area contributed by atoms with Gasteiger partial charge in [0.25, 0.3) is 0 Å². The van der Waals surface area contributed by atoms with Gasteiger partial charge in [-0.05, 0) is 41.4 Å². The van der Waals surface area contributed by atoms with E-state index in [1.165, 1.54) is 16.2 Å². The average molecular weight is 412 g/mol. The summed E-state index contributed by atoms with van der Waals surface area (Å²) in [5.74, 6) is -1.08. The highest BCUT2D eigenvalue weighted by Gasteiger charge is 2.33. The fourth-order valence-corrected chi connectivity index (χ4v) is 3.91. The van der Waals surface area contributed by atoms with Gasteiger partial charge in [-0.2, -0.15) is 0 Å². The number of hydrogen-bond donors (Lipinski definition) is 1. The van der Waals surface area contributed by atoms with Gasteiger partial charge in [0, 0.05) is 20.8 Å². The Morgan fingerprint density at radius 1 is 1.33 bits per heavy atom. The first-order valence-corrected chi connectivity index (χ1v) is 9.01. The summed E-state index contributed by atoms with van der Waals surface area (Å²) in [5.41, 5.74) is 0.850. The molecule has 0 bridgehead atoms. The molecule has 1 atom stereocenters. The lowest BCUT2D eigenvalue weighted by atomic mass is 10.2. The van der Waals surface area contributed by atoms with Crippen LogP contribution >= 0.6 is 27.3 Å². The molecule has 0 spiro atoms. The Labute approximate surface area is 153 Å². The van der Waals surface area contributed by atoms with Crippen LogP contribution < -0.4 is 0 Å². The summed E-state index contributed by atoms with van der Waals surface area (Å²) in [4.78, 5) is 26.9. The molecule has 1 heterocycles. The lowest BCUT2D eigenvalue weighted by molar-refractivity contribution is -0.142. The normalized spacial score (nSPS) is 11.8. The van der Waals surface area contributed by atoms with Crippen molar-refractivity contribution >= 4 is 39.3 Å². The molecule has 1 amide bonds. The summed E-state index contributed by atoms with van der Waals surface area (Å²) in [5, 5.41) is 9.60. The molecule has 0 aliphatic rings. The standard InChI is InChI=1S/C17H18BrNO4S/c1-3-19(17(22)23-10-12-7-5-4-6-8-12)15(16(20)21)14-9-13(18)11(2)24-14/h4-9,15H,3,10H2,1-2H3,(H,20,21). The van der Waals surface area contributed by atoms with E-state index in [0.717, 1.165) is 14.9 Å². The first kappa shape index (κ1) is 18.5. The summed E-state index contributed by atoms with van der Waals surface area (Å²) in [6.07, 6.45) is -0.643. The Bertz CT molecular complexity index is 697. The predicted molar refractivity (Wildman–Crippen MR) is 96.1 cm³/mol. The number of rotatable bonds is 6. The summed E-state index contributed by atoms with van der Waals surface area (Å²) in [6, 6.07) is 9.95. The highest BCUT2D eigenvalue weighted by molar-refractivity contribution is 9.10. The maximum Gasteiger partial charge on any atom is 0.411 e. The molecule has 0 radical (unpaired) electrons. The number of ether oxygens (including phenoxy) is 1. The molecular weight excluding hydrogens is 394 g/mol. The van der Waals surface area contributed by atoms with Crippen LogP contribution in [-0.4, -0.2) is 28.6 Å². The van der Waals surface area contributed by atoms with E-state index < -0.39 is 18.1 Å². The summed E-state index contributed by atoms with van der Waals surface area (Å²) < 4.78 is 6.12. The second-order valence-electron chi connectivity index (χ2n) is 5.12. The molecule has 1 aromatic heterocycles. The number of amides is 1. The van der Waals surface area contributed by atoms with Crippen LogP contribution in [-0.2, 0) is 16.1 Å². The van der Waals surface area contributed by atoms with Crippen molar-refractivity contribution < 1.29 is 19.4 Å². The van der Waals surface area contributed by atoms with E-state index in [-0.39, 0.29) is 13.2 Å². The van der Waals surface area contributed by atoms with Crippen molar-refractivity contribution in [1.82, 2.24) is 4.90 Å². The SMILES string of the molecule is CCN(C(=O)OCc1ccccc1)C(C(=O)O)c1cc(Br)c(C)s1. The van der Waals surface area contributed by atoms with Crippen molar-refractivity contribution in [1.29, 1.82) is 0 Å². The lowest BCUT2D eigenvalue weighted by Gasteiger charge is -2.26.